The van der Waals surface area contributed by atoms with E-state index in [1.165, 1.54) is 0 Å². The third-order valence-electron chi connectivity index (χ3n) is 3.16. The van der Waals surface area contributed by atoms with Gasteiger partial charge in [0.1, 0.15) is 0 Å². The molecule has 4 heteroatoms. The van der Waals surface area contributed by atoms with Crippen molar-refractivity contribution in [3.8, 4) is 0 Å². The minimum atomic E-state index is -0.967. The molecule has 0 aliphatic carbocycles. The Balaban J connectivity index is 2.61. The Kier molecular flexibility index (Phi) is 5.28. The highest BCUT2D eigenvalue weighted by molar-refractivity contribution is 5.82. The van der Waals surface area contributed by atoms with Gasteiger partial charge in [0.05, 0.1) is 11.1 Å². The first-order valence-corrected chi connectivity index (χ1v) is 7.52. The van der Waals surface area contributed by atoms with Crippen molar-refractivity contribution in [1.29, 1.82) is 0 Å². The lowest BCUT2D eigenvalue weighted by atomic mass is 10.1. The zero-order chi connectivity index (χ0) is 15.3. The normalized spacial score (nSPS) is 12.2. The summed E-state index contributed by atoms with van der Waals surface area (Å²) < 4.78 is 12.0. The maximum Gasteiger partial charge on any atom is 0.258 e. The first-order valence-electron chi connectivity index (χ1n) is 7.52. The van der Waals surface area contributed by atoms with E-state index in [-0.39, 0.29) is 6.04 Å². The van der Waals surface area contributed by atoms with E-state index in [1.807, 2.05) is 44.2 Å². The summed E-state index contributed by atoms with van der Waals surface area (Å²) in [5.74, 6) is -0.967. The van der Waals surface area contributed by atoms with Crippen molar-refractivity contribution in [3.05, 3.63) is 42.1 Å². The quantitative estimate of drug-likeness (QED) is 0.793. The predicted octanol–water partition coefficient (Wildman–Crippen LogP) is 3.42. The molecule has 0 bridgehead atoms. The molecule has 0 aliphatic rings. The van der Waals surface area contributed by atoms with Gasteiger partial charge in [0.2, 0.25) is 0 Å². The van der Waals surface area contributed by atoms with Crippen LogP contribution in [0.5, 0.6) is 0 Å². The van der Waals surface area contributed by atoms with Gasteiger partial charge in [-0.2, -0.15) is 0 Å². The lowest BCUT2D eigenvalue weighted by molar-refractivity contribution is -0.265. The molecule has 0 saturated heterocycles. The summed E-state index contributed by atoms with van der Waals surface area (Å²) in [4.78, 5) is 4.52. The van der Waals surface area contributed by atoms with Crippen LogP contribution in [0.4, 0.5) is 0 Å². The summed E-state index contributed by atoms with van der Waals surface area (Å²) in [5, 5.41) is 4.49. The van der Waals surface area contributed by atoms with Gasteiger partial charge in [0.25, 0.3) is 5.91 Å². The number of hydrogen-bond acceptors (Lipinski definition) is 4. The van der Waals surface area contributed by atoms with E-state index in [1.54, 1.807) is 6.20 Å². The molecule has 114 valence electrons. The van der Waals surface area contributed by atoms with Crippen molar-refractivity contribution in [3.63, 3.8) is 0 Å². The lowest BCUT2D eigenvalue weighted by Gasteiger charge is -2.36. The van der Waals surface area contributed by atoms with Gasteiger partial charge in [-0.25, -0.2) is 0 Å². The largest absolute Gasteiger partial charge is 0.334 e. The molecule has 1 N–H and O–H groups in total. The summed E-state index contributed by atoms with van der Waals surface area (Å²) in [5.41, 5.74) is 1.81. The van der Waals surface area contributed by atoms with Gasteiger partial charge in [-0.15, -0.1) is 0 Å². The van der Waals surface area contributed by atoms with E-state index >= 15 is 0 Å². The number of pyridine rings is 1. The van der Waals surface area contributed by atoms with Crippen molar-refractivity contribution >= 4 is 10.9 Å². The van der Waals surface area contributed by atoms with Gasteiger partial charge in [0, 0.05) is 30.8 Å². The Morgan fingerprint density at radius 1 is 1.10 bits per heavy atom. The van der Waals surface area contributed by atoms with Crippen LogP contribution in [0.3, 0.4) is 0 Å². The average molecular weight is 288 g/mol. The van der Waals surface area contributed by atoms with Crippen LogP contribution in [0.25, 0.3) is 10.9 Å². The minimum absolute atomic E-state index is 0.210. The fraction of sp³-hybridized carbons (Fsp3) is 0.471. The molecule has 0 spiro atoms. The molecular weight excluding hydrogens is 264 g/mol. The molecule has 1 aromatic carbocycles. The molecule has 0 fully saturated rings. The molecule has 0 atom stereocenters. The lowest BCUT2D eigenvalue weighted by Crippen LogP contribution is -2.50. The summed E-state index contributed by atoms with van der Waals surface area (Å²) in [6.45, 7) is 9.17. The number of ether oxygens (including phenoxy) is 2. The second kappa shape index (κ2) is 6.98. The van der Waals surface area contributed by atoms with E-state index < -0.39 is 5.91 Å². The first kappa shape index (κ1) is 15.9. The molecule has 4 nitrogen and oxygen atoms in total. The fourth-order valence-electron chi connectivity index (χ4n) is 2.51. The zero-order valence-corrected chi connectivity index (χ0v) is 13.2. The van der Waals surface area contributed by atoms with Crippen LogP contribution in [0.1, 0.15) is 33.3 Å². The summed E-state index contributed by atoms with van der Waals surface area (Å²) in [6.07, 6.45) is 1.80. The Hall–Kier alpha value is -1.49. The third-order valence-corrected chi connectivity index (χ3v) is 3.16. The van der Waals surface area contributed by atoms with E-state index in [2.05, 4.69) is 24.1 Å². The van der Waals surface area contributed by atoms with Crippen molar-refractivity contribution in [2.75, 3.05) is 13.2 Å². The number of hydrogen-bond donors (Lipinski definition) is 1. The van der Waals surface area contributed by atoms with Crippen molar-refractivity contribution in [2.24, 2.45) is 0 Å². The fourth-order valence-corrected chi connectivity index (χ4v) is 2.51. The van der Waals surface area contributed by atoms with Gasteiger partial charge in [0.15, 0.2) is 0 Å². The number of nitrogens with one attached hydrogen (secondary N) is 1. The molecule has 0 amide bonds. The van der Waals surface area contributed by atoms with Crippen LogP contribution in [-0.2, 0) is 15.4 Å². The minimum Gasteiger partial charge on any atom is -0.334 e. The smallest absolute Gasteiger partial charge is 0.258 e. The van der Waals surface area contributed by atoms with Gasteiger partial charge in [-0.05, 0) is 39.8 Å². The summed E-state index contributed by atoms with van der Waals surface area (Å²) >= 11 is 0. The maximum absolute atomic E-state index is 6.00. The van der Waals surface area contributed by atoms with Crippen LogP contribution in [0.15, 0.2) is 36.5 Å². The highest BCUT2D eigenvalue weighted by atomic mass is 16.7. The average Bonchev–Trinajstić information content (AvgIpc) is 2.46. The Morgan fingerprint density at radius 3 is 2.38 bits per heavy atom. The predicted molar refractivity (Wildman–Crippen MR) is 84.9 cm³/mol. The van der Waals surface area contributed by atoms with Crippen LogP contribution in [0.2, 0.25) is 0 Å². The molecule has 21 heavy (non-hydrogen) atoms. The number of rotatable bonds is 7. The molecular formula is C17H24N2O2. The number of para-hydroxylation sites is 1. The highest BCUT2D eigenvalue weighted by Gasteiger charge is 2.36. The number of benzene rings is 1. The maximum atomic E-state index is 6.00. The van der Waals surface area contributed by atoms with Crippen LogP contribution in [0, 0.1) is 0 Å². The van der Waals surface area contributed by atoms with Crippen LogP contribution < -0.4 is 5.32 Å². The van der Waals surface area contributed by atoms with Gasteiger partial charge >= 0.3 is 0 Å². The van der Waals surface area contributed by atoms with E-state index in [0.29, 0.717) is 13.2 Å². The van der Waals surface area contributed by atoms with Crippen molar-refractivity contribution < 1.29 is 9.47 Å². The topological polar surface area (TPSA) is 43.4 Å². The van der Waals surface area contributed by atoms with Gasteiger partial charge < -0.3 is 9.47 Å². The Labute approximate surface area is 126 Å². The number of fused-ring (bicyclic) bond motifs is 1. The molecule has 0 saturated carbocycles. The number of aromatic nitrogens is 1. The SMILES string of the molecule is CCOC(NC(C)C)(OCC)c1cccc2cccnc12. The van der Waals surface area contributed by atoms with Gasteiger partial charge in [-0.3, -0.25) is 10.3 Å². The summed E-state index contributed by atoms with van der Waals surface area (Å²) in [6, 6.07) is 10.3. The monoisotopic (exact) mass is 288 g/mol. The number of nitrogens with zero attached hydrogens (tertiary/aromatic N) is 1. The third kappa shape index (κ3) is 3.40. The van der Waals surface area contributed by atoms with E-state index in [9.17, 15) is 0 Å². The molecule has 0 radical (unpaired) electrons. The Bertz CT molecular complexity index is 573. The Morgan fingerprint density at radius 2 is 1.76 bits per heavy atom. The highest BCUT2D eigenvalue weighted by Crippen LogP contribution is 2.30. The summed E-state index contributed by atoms with van der Waals surface area (Å²) in [7, 11) is 0. The van der Waals surface area contributed by atoms with Crippen LogP contribution in [-0.4, -0.2) is 24.2 Å². The first-order chi connectivity index (χ1) is 10.1. The standard InChI is InChI=1S/C17H24N2O2/c1-5-20-17(21-6-2,19-13(3)4)15-11-7-9-14-10-8-12-18-16(14)15/h7-13,19H,5-6H2,1-4H3. The molecule has 2 aromatic rings. The van der Waals surface area contributed by atoms with Gasteiger partial charge in [-0.1, -0.05) is 18.2 Å². The molecule has 1 aromatic heterocycles. The molecule has 0 aliphatic heterocycles. The molecule has 1 heterocycles. The molecule has 0 unspecified atom stereocenters. The van der Waals surface area contributed by atoms with Crippen LogP contribution >= 0.6 is 0 Å². The second-order valence-electron chi connectivity index (χ2n) is 5.16. The zero-order valence-electron chi connectivity index (χ0n) is 13.2. The van der Waals surface area contributed by atoms with Crippen molar-refractivity contribution in [2.45, 2.75) is 39.6 Å². The van der Waals surface area contributed by atoms with E-state index in [0.717, 1.165) is 16.5 Å². The van der Waals surface area contributed by atoms with Crippen molar-refractivity contribution in [1.82, 2.24) is 10.3 Å². The van der Waals surface area contributed by atoms with E-state index in [4.69, 9.17) is 9.47 Å². The molecule has 2 rings (SSSR count). The second-order valence-corrected chi connectivity index (χ2v) is 5.16.